The lowest BCUT2D eigenvalue weighted by molar-refractivity contribution is -2.00. The largest absolute Gasteiger partial charge is 0.436 e. The fourth-order valence-corrected chi connectivity index (χ4v) is 11.8. The number of nitrogens with zero attached hydrogens (tertiary/aromatic N) is 7. The minimum absolute atomic E-state index is 0.657. The number of hydrogen-bond donors (Lipinski definition) is 0. The Kier molecular flexibility index (Phi) is 41.7. The molecular formula is C102H102Cl3N7O13. The highest BCUT2D eigenvalue weighted by molar-refractivity contribution is 5.86. The molecule has 0 saturated heterocycles. The van der Waals surface area contributed by atoms with Crippen LogP contribution in [0.4, 0.5) is 17.1 Å². The maximum absolute atomic E-state index is 8.49. The standard InChI is InChI=1S/C26H20.C23H25N2.2C19H23N2.C15H11NO.3ClHO4/c1-3-7-23(8-4-1)25-17-13-21(14-18-25)11-12-22-15-19-26(20-16-22)24-9-5-2-6-10-24;1-4-25-18-17-20(22-11-7-8-12-23(22)25)10-6-5-9-19-13-15-21(16-14-19)24(2)3;1-4-21-16-8-7-11-19(21)10-6-5-9-17-12-14-18(15-13-17)20(2)3;1-4-21-15-13-18(14-16-21)8-6-5-7-17-9-11-19(12-10-17)20(2)3;1-3-7-12(8-4-1)14-11-16-15(17-14)13-9-5-2-6-10-13;3*2-1(3,4)5/h1-20H;5-18H,4H2,1-3H3;2*5-16H,4H2,1-3H3;1-11H;3*(H,2,3,4,5)/q;3*+1;;;;/p-3. The number of fused-ring (bicyclic) bond motifs is 1. The number of para-hydroxylation sites is 1. The first-order chi connectivity index (χ1) is 59.9. The predicted molar refractivity (Wildman–Crippen MR) is 471 cm³/mol. The lowest BCUT2D eigenvalue weighted by Crippen LogP contribution is -2.68. The van der Waals surface area contributed by atoms with Crippen molar-refractivity contribution in [2.24, 2.45) is 0 Å². The maximum Gasteiger partial charge on any atom is 0.226 e. The van der Waals surface area contributed by atoms with Crippen molar-refractivity contribution in [2.45, 2.75) is 40.4 Å². The van der Waals surface area contributed by atoms with E-state index in [-0.39, 0.29) is 0 Å². The van der Waals surface area contributed by atoms with E-state index in [0.29, 0.717) is 5.89 Å². The van der Waals surface area contributed by atoms with Crippen LogP contribution in [-0.4, -0.2) is 47.3 Å². The molecule has 14 rings (SSSR count). The van der Waals surface area contributed by atoms with Crippen LogP contribution in [0, 0.1) is 30.7 Å². The van der Waals surface area contributed by atoms with Gasteiger partial charge in [-0.25, -0.2) is 65.5 Å². The summed E-state index contributed by atoms with van der Waals surface area (Å²) in [6.45, 7) is 9.43. The van der Waals surface area contributed by atoms with Gasteiger partial charge in [0.1, 0.15) is 19.6 Å². The van der Waals surface area contributed by atoms with Crippen LogP contribution in [0.5, 0.6) is 0 Å². The summed E-state index contributed by atoms with van der Waals surface area (Å²) in [5, 5.41) is 1.28. The fraction of sp³-hybridized carbons (Fsp3) is 0.118. The number of benzene rings is 10. The van der Waals surface area contributed by atoms with Crippen LogP contribution in [0.3, 0.4) is 0 Å². The first-order valence-corrected chi connectivity index (χ1v) is 43.3. The molecule has 20 nitrogen and oxygen atoms in total. The normalized spacial score (nSPS) is 11.3. The van der Waals surface area contributed by atoms with Gasteiger partial charge in [0.2, 0.25) is 17.1 Å². The van der Waals surface area contributed by atoms with Gasteiger partial charge in [0.15, 0.2) is 30.5 Å². The van der Waals surface area contributed by atoms with Crippen LogP contribution in [0.1, 0.15) is 65.4 Å². The topological polar surface area (TPSA) is 324 Å². The van der Waals surface area contributed by atoms with E-state index in [0.717, 1.165) is 36.5 Å². The molecular weight excluding hydrogens is 1640 g/mol. The Hall–Kier alpha value is -12.9. The number of pyridine rings is 3. The molecule has 0 amide bonds. The van der Waals surface area contributed by atoms with E-state index in [9.17, 15) is 0 Å². The lowest BCUT2D eigenvalue weighted by Gasteiger charge is -2.17. The zero-order valence-corrected chi connectivity index (χ0v) is 73.3. The van der Waals surface area contributed by atoms with Crippen LogP contribution < -0.4 is 84.3 Å². The van der Waals surface area contributed by atoms with E-state index in [1.54, 1.807) is 6.20 Å². The van der Waals surface area contributed by atoms with E-state index in [1.807, 2.05) is 72.8 Å². The van der Waals surface area contributed by atoms with Gasteiger partial charge in [-0.2, -0.15) is 9.13 Å². The molecule has 4 aromatic heterocycles. The molecule has 0 atom stereocenters. The summed E-state index contributed by atoms with van der Waals surface area (Å²) in [6.07, 6.45) is 39.9. The van der Waals surface area contributed by atoms with E-state index in [2.05, 4.69) is 437 Å². The third kappa shape index (κ3) is 39.4. The monoisotopic (exact) mass is 1740 g/mol. The van der Waals surface area contributed by atoms with Gasteiger partial charge in [0.25, 0.3) is 0 Å². The molecule has 0 radical (unpaired) electrons. The Morgan fingerprint density at radius 1 is 0.288 bits per heavy atom. The molecule has 23 heteroatoms. The number of allylic oxidation sites excluding steroid dienone is 6. The van der Waals surface area contributed by atoms with Gasteiger partial charge < -0.3 is 19.1 Å². The number of aromatic nitrogens is 4. The zero-order chi connectivity index (χ0) is 90.4. The summed E-state index contributed by atoms with van der Waals surface area (Å²) >= 11 is 0. The Bertz CT molecular complexity index is 5470. The zero-order valence-electron chi connectivity index (χ0n) is 71.0. The molecule has 14 aromatic rings. The molecule has 125 heavy (non-hydrogen) atoms. The molecule has 0 aliphatic rings. The Morgan fingerprint density at radius 2 is 0.608 bits per heavy atom. The number of halogens is 3. The second-order valence-corrected chi connectivity index (χ2v) is 30.0. The second-order valence-electron chi connectivity index (χ2n) is 27.8. The van der Waals surface area contributed by atoms with Crippen molar-refractivity contribution in [3.63, 3.8) is 0 Å². The molecule has 0 aliphatic carbocycles. The summed E-state index contributed by atoms with van der Waals surface area (Å²) in [6, 6.07) is 105. The van der Waals surface area contributed by atoms with Gasteiger partial charge in [0, 0.05) is 113 Å². The minimum Gasteiger partial charge on any atom is -0.436 e. The van der Waals surface area contributed by atoms with Crippen molar-refractivity contribution in [1.82, 2.24) is 4.98 Å². The summed E-state index contributed by atoms with van der Waals surface area (Å²) in [5.74, 6) is 1.45. The van der Waals surface area contributed by atoms with Gasteiger partial charge in [-0.1, -0.05) is 285 Å². The van der Waals surface area contributed by atoms with Gasteiger partial charge in [-0.3, -0.25) is 0 Å². The summed E-state index contributed by atoms with van der Waals surface area (Å²) < 4.78 is 114. The number of hydrogen-bond acceptors (Lipinski definition) is 17. The van der Waals surface area contributed by atoms with Crippen molar-refractivity contribution in [1.29, 1.82) is 0 Å². The highest BCUT2D eigenvalue weighted by Gasteiger charge is 2.11. The van der Waals surface area contributed by atoms with E-state index < -0.39 is 30.7 Å². The molecule has 0 fully saturated rings. The number of rotatable bonds is 21. The third-order valence-corrected chi connectivity index (χ3v) is 18.2. The van der Waals surface area contributed by atoms with Crippen LogP contribution in [0.2, 0.25) is 0 Å². The lowest BCUT2D eigenvalue weighted by atomic mass is 10.0. The molecule has 0 spiro atoms. The number of anilines is 3. The Morgan fingerprint density at radius 3 is 0.992 bits per heavy atom. The van der Waals surface area contributed by atoms with Gasteiger partial charge >= 0.3 is 0 Å². The molecule has 0 aliphatic heterocycles. The smallest absolute Gasteiger partial charge is 0.226 e. The van der Waals surface area contributed by atoms with Crippen LogP contribution >= 0.6 is 0 Å². The predicted octanol–water partition coefficient (Wildman–Crippen LogP) is 9.44. The van der Waals surface area contributed by atoms with Crippen LogP contribution in [0.15, 0.2) is 375 Å². The molecule has 0 N–H and O–H groups in total. The maximum atomic E-state index is 8.49. The van der Waals surface area contributed by atoms with Gasteiger partial charge in [-0.15, -0.1) is 30.7 Å². The Labute approximate surface area is 739 Å². The number of aryl methyl sites for hydroxylation is 3. The quantitative estimate of drug-likeness (QED) is 0.0367. The molecule has 10 aromatic carbocycles. The van der Waals surface area contributed by atoms with E-state index in [4.69, 9.17) is 60.3 Å². The van der Waals surface area contributed by atoms with Crippen molar-refractivity contribution in [2.75, 3.05) is 57.0 Å². The summed E-state index contributed by atoms with van der Waals surface area (Å²) in [4.78, 5) is 10.6. The van der Waals surface area contributed by atoms with E-state index >= 15 is 0 Å². The first kappa shape index (κ1) is 99.2. The van der Waals surface area contributed by atoms with Crippen molar-refractivity contribution in [3.8, 4) is 45.0 Å². The Balaban J connectivity index is 0.000000207. The third-order valence-electron chi connectivity index (χ3n) is 18.2. The summed E-state index contributed by atoms with van der Waals surface area (Å²) in [7, 11) is -2.52. The SMILES string of the molecule is C(=Cc1ccc(-c2ccccc2)cc1)c1ccc(-c2ccccc2)cc1.CC[n+]1ccc(C=CC=Cc2ccc(N(C)C)cc2)c2ccccc21.CC[n+]1ccc(C=CC=Cc2ccc(N(C)C)cc2)cc1.CC[n+]1ccccc1C=CC=Cc1ccc(N(C)C)cc1.[O-][Cl+3]([O-])([O-])[O-].[O-][Cl+3]([O-])([O-])[O-].[O-][Cl+3]([O-])([O-])[O-].c1ccc(-c2cnc(-c3ccccc3)o2)cc1. The molecule has 4 heterocycles. The van der Waals surface area contributed by atoms with E-state index in [1.165, 1.54) is 94.9 Å². The fourth-order valence-electron chi connectivity index (χ4n) is 11.8. The highest BCUT2D eigenvalue weighted by atomic mass is 35.7. The molecule has 0 bridgehead atoms. The average Bonchev–Trinajstić information content (AvgIpc) is 1.24. The average molecular weight is 1740 g/mol. The van der Waals surface area contributed by atoms with Gasteiger partial charge in [0.05, 0.1) is 11.6 Å². The molecule has 644 valence electrons. The van der Waals surface area contributed by atoms with Crippen molar-refractivity contribution in [3.05, 3.63) is 415 Å². The van der Waals surface area contributed by atoms with Gasteiger partial charge in [-0.05, 0) is 143 Å². The minimum atomic E-state index is -4.94. The molecule has 0 unspecified atom stereocenters. The summed E-state index contributed by atoms with van der Waals surface area (Å²) in [5.41, 5.74) is 21.7. The first-order valence-electron chi connectivity index (χ1n) is 39.6. The van der Waals surface area contributed by atoms with Crippen molar-refractivity contribution >= 4 is 76.6 Å². The number of oxazole rings is 1. The van der Waals surface area contributed by atoms with Crippen LogP contribution in [0.25, 0.3) is 105 Å². The highest BCUT2D eigenvalue weighted by Crippen LogP contribution is 2.27. The molecule has 0 saturated carbocycles. The second kappa shape index (κ2) is 52.5. The van der Waals surface area contributed by atoms with Crippen LogP contribution in [-0.2, 0) is 19.6 Å². The van der Waals surface area contributed by atoms with Crippen molar-refractivity contribution < 1.29 is 105 Å².